The van der Waals surface area contributed by atoms with Crippen molar-refractivity contribution in [1.29, 1.82) is 0 Å². The Morgan fingerprint density at radius 1 is 1.64 bits per heavy atom. The number of Topliss-reactive ketones (excluding diaryl/α,β-unsaturated/α-hetero) is 1. The summed E-state index contributed by atoms with van der Waals surface area (Å²) in [6.45, 7) is 4.08. The molecule has 0 aliphatic rings. The molecule has 1 atom stereocenters. The number of ketones is 1. The summed E-state index contributed by atoms with van der Waals surface area (Å²) in [5.41, 5.74) is 0. The van der Waals surface area contributed by atoms with Crippen LogP contribution in [0.15, 0.2) is 12.7 Å². The van der Waals surface area contributed by atoms with Crippen LogP contribution < -0.4 is 0 Å². The van der Waals surface area contributed by atoms with Gasteiger partial charge in [0.05, 0.1) is 0 Å². The zero-order valence-electron chi connectivity index (χ0n) is 6.11. The summed E-state index contributed by atoms with van der Waals surface area (Å²) in [4.78, 5) is 10.4. The zero-order valence-corrected chi connectivity index (χ0v) is 6.11. The van der Waals surface area contributed by atoms with Gasteiger partial charge in [-0.15, -0.1) is 6.58 Å². The number of alkyl halides is 3. The summed E-state index contributed by atoms with van der Waals surface area (Å²) < 4.78 is 35.7. The van der Waals surface area contributed by atoms with E-state index in [0.29, 0.717) is 0 Å². The summed E-state index contributed by atoms with van der Waals surface area (Å²) in [6.07, 6.45) is -3.67. The molecular formula is C7H9F3O. The molecule has 0 fully saturated rings. The van der Waals surface area contributed by atoms with Crippen molar-refractivity contribution in [2.24, 2.45) is 5.92 Å². The Bertz CT molecular complexity index is 160. The molecule has 0 aliphatic heterocycles. The first-order valence-corrected chi connectivity index (χ1v) is 3.07. The van der Waals surface area contributed by atoms with E-state index in [0.717, 1.165) is 13.0 Å². The maximum Gasteiger partial charge on any atom is 0.398 e. The fourth-order valence-corrected chi connectivity index (χ4v) is 0.697. The molecule has 4 heteroatoms. The van der Waals surface area contributed by atoms with Crippen LogP contribution in [0, 0.1) is 5.92 Å². The van der Waals surface area contributed by atoms with E-state index in [1.165, 1.54) is 0 Å². The van der Waals surface area contributed by atoms with Gasteiger partial charge in [-0.1, -0.05) is 6.08 Å². The summed E-state index contributed by atoms with van der Waals surface area (Å²) in [6, 6.07) is 0. The van der Waals surface area contributed by atoms with Crippen molar-refractivity contribution in [3.63, 3.8) is 0 Å². The third-order valence-corrected chi connectivity index (χ3v) is 1.29. The van der Waals surface area contributed by atoms with E-state index in [-0.39, 0.29) is 6.42 Å². The Hall–Kier alpha value is -0.800. The molecule has 1 nitrogen and oxygen atoms in total. The van der Waals surface area contributed by atoms with Gasteiger partial charge in [0.1, 0.15) is 11.7 Å². The standard InChI is InChI=1S/C7H9F3O/c1-3-4-6(5(2)11)7(8,9)10/h3,6H,1,4H2,2H3/t6-/m1/s1. The number of carbonyl (C=O) groups is 1. The quantitative estimate of drug-likeness (QED) is 0.588. The number of hydrogen-bond acceptors (Lipinski definition) is 1. The van der Waals surface area contributed by atoms with Crippen molar-refractivity contribution in [3.05, 3.63) is 12.7 Å². The predicted molar refractivity (Wildman–Crippen MR) is 35.0 cm³/mol. The van der Waals surface area contributed by atoms with Gasteiger partial charge in [-0.2, -0.15) is 13.2 Å². The molecule has 0 aromatic carbocycles. The Morgan fingerprint density at radius 3 is 2.18 bits per heavy atom. The number of rotatable bonds is 3. The first-order valence-electron chi connectivity index (χ1n) is 3.07. The smallest absolute Gasteiger partial charge is 0.299 e. The molecule has 0 saturated heterocycles. The van der Waals surface area contributed by atoms with Crippen LogP contribution in [0.2, 0.25) is 0 Å². The fraction of sp³-hybridized carbons (Fsp3) is 0.571. The second-order valence-corrected chi connectivity index (χ2v) is 2.23. The van der Waals surface area contributed by atoms with Crippen molar-refractivity contribution in [2.75, 3.05) is 0 Å². The predicted octanol–water partition coefficient (Wildman–Crippen LogP) is 2.33. The summed E-state index contributed by atoms with van der Waals surface area (Å²) in [5, 5.41) is 0. The highest BCUT2D eigenvalue weighted by Crippen LogP contribution is 2.29. The molecular weight excluding hydrogens is 157 g/mol. The van der Waals surface area contributed by atoms with E-state index < -0.39 is 17.9 Å². The van der Waals surface area contributed by atoms with E-state index in [9.17, 15) is 18.0 Å². The Balaban J connectivity index is 4.34. The molecule has 0 radical (unpaired) electrons. The van der Waals surface area contributed by atoms with Gasteiger partial charge in [0.15, 0.2) is 0 Å². The molecule has 0 unspecified atom stereocenters. The largest absolute Gasteiger partial charge is 0.398 e. The highest BCUT2D eigenvalue weighted by molar-refractivity contribution is 5.79. The zero-order chi connectivity index (χ0) is 9.07. The maximum absolute atomic E-state index is 11.9. The Labute approximate surface area is 62.9 Å². The van der Waals surface area contributed by atoms with Gasteiger partial charge >= 0.3 is 6.18 Å². The lowest BCUT2D eigenvalue weighted by Gasteiger charge is -2.14. The maximum atomic E-state index is 11.9. The van der Waals surface area contributed by atoms with E-state index in [4.69, 9.17) is 0 Å². The number of halogens is 3. The van der Waals surface area contributed by atoms with Crippen molar-refractivity contribution in [2.45, 2.75) is 19.5 Å². The number of hydrogen-bond donors (Lipinski definition) is 0. The molecule has 0 aromatic heterocycles. The molecule has 0 N–H and O–H groups in total. The van der Waals surface area contributed by atoms with Crippen LogP contribution in [-0.4, -0.2) is 12.0 Å². The van der Waals surface area contributed by atoms with E-state index in [1.54, 1.807) is 0 Å². The third-order valence-electron chi connectivity index (χ3n) is 1.29. The van der Waals surface area contributed by atoms with Crippen molar-refractivity contribution < 1.29 is 18.0 Å². The van der Waals surface area contributed by atoms with Gasteiger partial charge in [0.2, 0.25) is 0 Å². The second kappa shape index (κ2) is 3.55. The van der Waals surface area contributed by atoms with Gasteiger partial charge in [-0.25, -0.2) is 0 Å². The average molecular weight is 166 g/mol. The summed E-state index contributed by atoms with van der Waals surface area (Å²) >= 11 is 0. The van der Waals surface area contributed by atoms with Crippen LogP contribution in [0.5, 0.6) is 0 Å². The molecule has 0 aliphatic carbocycles. The molecule has 0 aromatic rings. The van der Waals surface area contributed by atoms with Crippen molar-refractivity contribution in [1.82, 2.24) is 0 Å². The Kier molecular flexibility index (Phi) is 3.29. The van der Waals surface area contributed by atoms with Gasteiger partial charge in [0.25, 0.3) is 0 Å². The summed E-state index contributed by atoms with van der Waals surface area (Å²) in [5.74, 6) is -2.74. The van der Waals surface area contributed by atoms with E-state index in [1.807, 2.05) is 0 Å². The van der Waals surface area contributed by atoms with Crippen LogP contribution >= 0.6 is 0 Å². The minimum Gasteiger partial charge on any atom is -0.299 e. The lowest BCUT2D eigenvalue weighted by atomic mass is 10.0. The third kappa shape index (κ3) is 3.20. The van der Waals surface area contributed by atoms with Crippen LogP contribution in [0.1, 0.15) is 13.3 Å². The monoisotopic (exact) mass is 166 g/mol. The fourth-order valence-electron chi connectivity index (χ4n) is 0.697. The van der Waals surface area contributed by atoms with E-state index >= 15 is 0 Å². The molecule has 11 heavy (non-hydrogen) atoms. The van der Waals surface area contributed by atoms with Crippen LogP contribution in [-0.2, 0) is 4.79 Å². The number of carbonyl (C=O) groups excluding carboxylic acids is 1. The van der Waals surface area contributed by atoms with Crippen LogP contribution in [0.25, 0.3) is 0 Å². The number of allylic oxidation sites excluding steroid dienone is 1. The lowest BCUT2D eigenvalue weighted by molar-refractivity contribution is -0.179. The minimum atomic E-state index is -4.43. The Morgan fingerprint density at radius 2 is 2.09 bits per heavy atom. The molecule has 0 rings (SSSR count). The van der Waals surface area contributed by atoms with Gasteiger partial charge < -0.3 is 0 Å². The molecule has 0 saturated carbocycles. The topological polar surface area (TPSA) is 17.1 Å². The normalized spacial score (nSPS) is 14.2. The summed E-state index contributed by atoms with van der Waals surface area (Å²) in [7, 11) is 0. The first kappa shape index (κ1) is 10.2. The molecule has 64 valence electrons. The highest BCUT2D eigenvalue weighted by atomic mass is 19.4. The van der Waals surface area contributed by atoms with Gasteiger partial charge in [-0.05, 0) is 13.3 Å². The molecule has 0 heterocycles. The molecule has 0 spiro atoms. The van der Waals surface area contributed by atoms with E-state index in [2.05, 4.69) is 6.58 Å². The minimum absolute atomic E-state index is 0.334. The van der Waals surface area contributed by atoms with Crippen LogP contribution in [0.4, 0.5) is 13.2 Å². The lowest BCUT2D eigenvalue weighted by Crippen LogP contribution is -2.28. The van der Waals surface area contributed by atoms with Gasteiger partial charge in [0, 0.05) is 0 Å². The first-order chi connectivity index (χ1) is 4.89. The second-order valence-electron chi connectivity index (χ2n) is 2.23. The van der Waals surface area contributed by atoms with Crippen molar-refractivity contribution >= 4 is 5.78 Å². The van der Waals surface area contributed by atoms with Crippen LogP contribution in [0.3, 0.4) is 0 Å². The van der Waals surface area contributed by atoms with Gasteiger partial charge in [-0.3, -0.25) is 4.79 Å². The molecule has 0 amide bonds. The SMILES string of the molecule is C=CC[C@H](C(C)=O)C(F)(F)F. The van der Waals surface area contributed by atoms with Crippen molar-refractivity contribution in [3.8, 4) is 0 Å². The molecule has 0 bridgehead atoms. The average Bonchev–Trinajstić information content (AvgIpc) is 1.79. The highest BCUT2D eigenvalue weighted by Gasteiger charge is 2.41.